The fourth-order valence-corrected chi connectivity index (χ4v) is 5.38. The zero-order valence-electron chi connectivity index (χ0n) is 19.8. The average Bonchev–Trinajstić information content (AvgIpc) is 3.52. The Labute approximate surface area is 209 Å². The molecular formula is C26H29ClN6O2. The quantitative estimate of drug-likeness (QED) is 0.519. The van der Waals surface area contributed by atoms with Gasteiger partial charge in [0.05, 0.1) is 11.1 Å². The molecule has 2 aromatic heterocycles. The minimum atomic E-state index is -0.252. The third-order valence-corrected chi connectivity index (χ3v) is 7.30. The molecule has 1 aliphatic heterocycles. The zero-order valence-corrected chi connectivity index (χ0v) is 20.5. The Balaban J connectivity index is 1.53. The predicted octanol–water partition coefficient (Wildman–Crippen LogP) is 4.20. The third-order valence-electron chi connectivity index (χ3n) is 7.06. The van der Waals surface area contributed by atoms with Gasteiger partial charge in [-0.15, -0.1) is 11.6 Å². The molecule has 8 nitrogen and oxygen atoms in total. The molecule has 0 bridgehead atoms. The fourth-order valence-electron chi connectivity index (χ4n) is 5.31. The van der Waals surface area contributed by atoms with Gasteiger partial charge in [-0.05, 0) is 55.4 Å². The molecule has 1 aliphatic carbocycles. The number of allylic oxidation sites excluding steroid dienone is 2. The van der Waals surface area contributed by atoms with Gasteiger partial charge in [-0.3, -0.25) is 9.59 Å². The number of likely N-dealkylation sites (tertiary alicyclic amines) is 1. The van der Waals surface area contributed by atoms with E-state index in [1.165, 1.54) is 6.33 Å². The number of carbonyl (C=O) groups is 2. The predicted molar refractivity (Wildman–Crippen MR) is 139 cm³/mol. The summed E-state index contributed by atoms with van der Waals surface area (Å²) in [6.45, 7) is 1.77. The second-order valence-corrected chi connectivity index (χ2v) is 9.50. The first-order chi connectivity index (χ1) is 17.0. The summed E-state index contributed by atoms with van der Waals surface area (Å²) in [6, 6.07) is 7.65. The molecule has 182 valence electrons. The summed E-state index contributed by atoms with van der Waals surface area (Å²) in [5.74, 6) is 0.414. The van der Waals surface area contributed by atoms with Crippen LogP contribution in [0.3, 0.4) is 0 Å². The molecule has 9 heteroatoms. The summed E-state index contributed by atoms with van der Waals surface area (Å²) in [7, 11) is 1.97. The van der Waals surface area contributed by atoms with Gasteiger partial charge in [0.25, 0.3) is 0 Å². The van der Waals surface area contributed by atoms with Crippen LogP contribution in [0.1, 0.15) is 37.7 Å². The number of carbonyl (C=O) groups excluding carboxylic acids is 2. The van der Waals surface area contributed by atoms with Crippen LogP contribution in [0.2, 0.25) is 0 Å². The van der Waals surface area contributed by atoms with Gasteiger partial charge in [0.1, 0.15) is 23.7 Å². The number of alkyl halides is 1. The molecule has 0 unspecified atom stereocenters. The fraction of sp³-hybridized carbons (Fsp3) is 0.385. The van der Waals surface area contributed by atoms with Crippen molar-refractivity contribution < 1.29 is 9.59 Å². The van der Waals surface area contributed by atoms with Crippen LogP contribution < -0.4 is 11.1 Å². The van der Waals surface area contributed by atoms with Gasteiger partial charge >= 0.3 is 0 Å². The highest BCUT2D eigenvalue weighted by Crippen LogP contribution is 2.43. The summed E-state index contributed by atoms with van der Waals surface area (Å²) in [5, 5.41) is 3.60. The Morgan fingerprint density at radius 2 is 1.91 bits per heavy atom. The third kappa shape index (κ3) is 4.38. The first-order valence-electron chi connectivity index (χ1n) is 12.0. The number of hydrogen-bond donors (Lipinski definition) is 2. The van der Waals surface area contributed by atoms with E-state index in [-0.39, 0.29) is 23.6 Å². The maximum absolute atomic E-state index is 12.9. The van der Waals surface area contributed by atoms with Crippen LogP contribution in [0.15, 0.2) is 36.7 Å². The number of aryl methyl sites for hydroxylation is 1. The van der Waals surface area contributed by atoms with Gasteiger partial charge in [0.15, 0.2) is 0 Å². The van der Waals surface area contributed by atoms with E-state index < -0.39 is 0 Å². The van der Waals surface area contributed by atoms with E-state index in [1.54, 1.807) is 0 Å². The molecule has 0 saturated carbocycles. The van der Waals surface area contributed by atoms with Crippen LogP contribution in [0.5, 0.6) is 0 Å². The van der Waals surface area contributed by atoms with Gasteiger partial charge in [0, 0.05) is 37.3 Å². The summed E-state index contributed by atoms with van der Waals surface area (Å²) in [5.41, 5.74) is 11.9. The smallest absolute Gasteiger partial charge is 0.239 e. The second-order valence-electron chi connectivity index (χ2n) is 9.23. The standard InChI is InChI=1S/C26H29ClN6O2/c1-32-23(17-8-10-19(11-9-17)31-20(34)14-27)21(22-24(28)29-15-30-25(22)32)16-4-6-18(7-5-16)26(35)33-12-2-3-13-33/h4,8-11,15,18H,2-3,5-7,12-14H2,1H3,(H,31,34)(H2,28,29,30)/t18-/m1/s1. The van der Waals surface area contributed by atoms with Crippen molar-refractivity contribution in [3.8, 4) is 11.3 Å². The van der Waals surface area contributed by atoms with Gasteiger partial charge in [-0.2, -0.15) is 0 Å². The Bertz CT molecular complexity index is 1310. The van der Waals surface area contributed by atoms with Crippen LogP contribution in [-0.2, 0) is 16.6 Å². The van der Waals surface area contributed by atoms with Crippen molar-refractivity contribution >= 4 is 51.5 Å². The molecule has 3 N–H and O–H groups in total. The molecule has 0 radical (unpaired) electrons. The SMILES string of the molecule is Cn1c(-c2ccc(NC(=O)CCl)cc2)c(C2=CC[C@@H](C(=O)N3CCCC3)CC2)c2c(N)ncnc21. The number of hydrogen-bond acceptors (Lipinski definition) is 5. The summed E-state index contributed by atoms with van der Waals surface area (Å²) in [4.78, 5) is 35.4. The maximum atomic E-state index is 12.9. The molecule has 1 fully saturated rings. The highest BCUT2D eigenvalue weighted by Gasteiger charge is 2.30. The lowest BCUT2D eigenvalue weighted by molar-refractivity contribution is -0.134. The zero-order chi connectivity index (χ0) is 24.5. The van der Waals surface area contributed by atoms with Crippen LogP contribution in [0.25, 0.3) is 27.9 Å². The first kappa shape index (κ1) is 23.4. The van der Waals surface area contributed by atoms with Crippen molar-refractivity contribution in [3.05, 3.63) is 42.2 Å². The number of benzene rings is 1. The molecule has 1 saturated heterocycles. The number of fused-ring (bicyclic) bond motifs is 1. The van der Waals surface area contributed by atoms with Gasteiger partial charge in [0.2, 0.25) is 11.8 Å². The molecule has 1 aromatic carbocycles. The number of rotatable bonds is 5. The van der Waals surface area contributed by atoms with Crippen molar-refractivity contribution in [2.45, 2.75) is 32.1 Å². The number of amides is 2. The second kappa shape index (κ2) is 9.70. The van der Waals surface area contributed by atoms with Gasteiger partial charge in [-0.25, -0.2) is 9.97 Å². The Morgan fingerprint density at radius 3 is 2.57 bits per heavy atom. The van der Waals surface area contributed by atoms with E-state index in [0.29, 0.717) is 11.5 Å². The number of nitrogens with two attached hydrogens (primary N) is 1. The Hall–Kier alpha value is -3.39. The monoisotopic (exact) mass is 492 g/mol. The van der Waals surface area contributed by atoms with E-state index in [4.69, 9.17) is 17.3 Å². The van der Waals surface area contributed by atoms with Crippen LogP contribution in [0, 0.1) is 5.92 Å². The summed E-state index contributed by atoms with van der Waals surface area (Å²) < 4.78 is 2.04. The minimum absolute atomic E-state index is 0.0358. The molecule has 5 rings (SSSR count). The van der Waals surface area contributed by atoms with E-state index in [9.17, 15) is 9.59 Å². The Kier molecular flexibility index (Phi) is 6.47. The van der Waals surface area contributed by atoms with E-state index in [2.05, 4.69) is 21.4 Å². The molecule has 3 aromatic rings. The average molecular weight is 493 g/mol. The van der Waals surface area contributed by atoms with Crippen molar-refractivity contribution in [3.63, 3.8) is 0 Å². The van der Waals surface area contributed by atoms with E-state index in [0.717, 1.165) is 78.6 Å². The Morgan fingerprint density at radius 1 is 1.17 bits per heavy atom. The number of nitrogens with zero attached hydrogens (tertiary/aromatic N) is 4. The molecule has 0 spiro atoms. The number of nitrogens with one attached hydrogen (secondary N) is 1. The van der Waals surface area contributed by atoms with Crippen LogP contribution in [0.4, 0.5) is 11.5 Å². The molecule has 3 heterocycles. The van der Waals surface area contributed by atoms with Crippen molar-refractivity contribution in [1.29, 1.82) is 0 Å². The van der Waals surface area contributed by atoms with E-state index >= 15 is 0 Å². The van der Waals surface area contributed by atoms with E-state index in [1.807, 2.05) is 40.8 Å². The summed E-state index contributed by atoms with van der Waals surface area (Å²) >= 11 is 5.61. The number of halogens is 1. The normalized spacial score (nSPS) is 18.1. The highest BCUT2D eigenvalue weighted by atomic mass is 35.5. The molecule has 2 amide bonds. The van der Waals surface area contributed by atoms with Crippen molar-refractivity contribution in [2.75, 3.05) is 30.0 Å². The topological polar surface area (TPSA) is 106 Å². The largest absolute Gasteiger partial charge is 0.383 e. The number of anilines is 2. The van der Waals surface area contributed by atoms with Crippen molar-refractivity contribution in [1.82, 2.24) is 19.4 Å². The molecular weight excluding hydrogens is 464 g/mol. The lowest BCUT2D eigenvalue weighted by Crippen LogP contribution is -2.34. The highest BCUT2D eigenvalue weighted by molar-refractivity contribution is 6.29. The summed E-state index contributed by atoms with van der Waals surface area (Å²) in [6.07, 6.45) is 8.21. The lowest BCUT2D eigenvalue weighted by Gasteiger charge is -2.26. The van der Waals surface area contributed by atoms with Gasteiger partial charge in [-0.1, -0.05) is 18.2 Å². The maximum Gasteiger partial charge on any atom is 0.239 e. The molecule has 35 heavy (non-hydrogen) atoms. The van der Waals surface area contributed by atoms with Crippen LogP contribution in [-0.4, -0.2) is 50.2 Å². The van der Waals surface area contributed by atoms with Crippen molar-refractivity contribution in [2.24, 2.45) is 13.0 Å². The van der Waals surface area contributed by atoms with Crippen LogP contribution >= 0.6 is 11.6 Å². The molecule has 2 aliphatic rings. The number of nitrogen functional groups attached to an aromatic ring is 1. The minimum Gasteiger partial charge on any atom is -0.383 e. The number of aromatic nitrogens is 3. The molecule has 1 atom stereocenters. The lowest BCUT2D eigenvalue weighted by atomic mass is 9.84. The first-order valence-corrected chi connectivity index (χ1v) is 12.5. The van der Waals surface area contributed by atoms with Gasteiger partial charge < -0.3 is 20.5 Å².